The van der Waals surface area contributed by atoms with Gasteiger partial charge < -0.3 is 9.64 Å². The molecule has 3 aromatic rings. The largest absolute Gasteiger partial charge is 0.497 e. The van der Waals surface area contributed by atoms with E-state index in [1.165, 1.54) is 23.5 Å². The minimum atomic E-state index is -0.352. The predicted octanol–water partition coefficient (Wildman–Crippen LogP) is 4.59. The van der Waals surface area contributed by atoms with E-state index in [0.717, 1.165) is 21.8 Å². The second-order valence-corrected chi connectivity index (χ2v) is 8.39. The van der Waals surface area contributed by atoms with Crippen molar-refractivity contribution in [1.29, 1.82) is 5.26 Å². The van der Waals surface area contributed by atoms with Gasteiger partial charge in [0.25, 0.3) is 5.91 Å². The molecule has 31 heavy (non-hydrogen) atoms. The molecular formula is C24H22FN3O2S. The summed E-state index contributed by atoms with van der Waals surface area (Å²) in [6.45, 7) is 2.40. The fraction of sp³-hybridized carbons (Fsp3) is 0.250. The lowest BCUT2D eigenvalue weighted by Crippen LogP contribution is -2.49. The quantitative estimate of drug-likeness (QED) is 0.588. The molecule has 158 valence electrons. The van der Waals surface area contributed by atoms with E-state index in [1.807, 2.05) is 41.3 Å². The molecule has 1 aromatic heterocycles. The molecule has 0 spiro atoms. The van der Waals surface area contributed by atoms with Gasteiger partial charge in [-0.2, -0.15) is 5.26 Å². The summed E-state index contributed by atoms with van der Waals surface area (Å²) in [5, 5.41) is 9.71. The van der Waals surface area contributed by atoms with Crippen LogP contribution >= 0.6 is 11.3 Å². The average Bonchev–Trinajstić information content (AvgIpc) is 3.31. The van der Waals surface area contributed by atoms with Gasteiger partial charge >= 0.3 is 0 Å². The molecule has 7 heteroatoms. The number of carbonyl (C=O) groups is 1. The van der Waals surface area contributed by atoms with Crippen LogP contribution in [0.25, 0.3) is 10.4 Å². The highest BCUT2D eigenvalue weighted by Gasteiger charge is 2.28. The van der Waals surface area contributed by atoms with Crippen LogP contribution in [0, 0.1) is 17.1 Å². The van der Waals surface area contributed by atoms with Gasteiger partial charge in [0, 0.05) is 31.1 Å². The van der Waals surface area contributed by atoms with Gasteiger partial charge in [-0.1, -0.05) is 24.3 Å². The average molecular weight is 436 g/mol. The van der Waals surface area contributed by atoms with E-state index in [1.54, 1.807) is 19.2 Å². The second-order valence-electron chi connectivity index (χ2n) is 7.30. The van der Waals surface area contributed by atoms with Crippen LogP contribution in [0.15, 0.2) is 60.7 Å². The molecule has 1 aliphatic heterocycles. The molecule has 1 fully saturated rings. The fourth-order valence-electron chi connectivity index (χ4n) is 3.71. The van der Waals surface area contributed by atoms with E-state index < -0.39 is 0 Å². The zero-order valence-electron chi connectivity index (χ0n) is 17.1. The van der Waals surface area contributed by atoms with Crippen LogP contribution in [0.5, 0.6) is 5.75 Å². The highest BCUT2D eigenvalue weighted by molar-refractivity contribution is 7.17. The predicted molar refractivity (Wildman–Crippen MR) is 119 cm³/mol. The van der Waals surface area contributed by atoms with Crippen molar-refractivity contribution in [2.75, 3.05) is 33.3 Å². The van der Waals surface area contributed by atoms with Gasteiger partial charge in [0.1, 0.15) is 17.6 Å². The van der Waals surface area contributed by atoms with Gasteiger partial charge in [-0.05, 0) is 47.5 Å². The Hall–Kier alpha value is -3.21. The summed E-state index contributed by atoms with van der Waals surface area (Å²) in [5.74, 6) is 0.475. The number of benzene rings is 2. The van der Waals surface area contributed by atoms with Crippen molar-refractivity contribution in [3.63, 3.8) is 0 Å². The fourth-order valence-corrected chi connectivity index (χ4v) is 4.69. The Balaban J connectivity index is 1.39. The molecule has 1 unspecified atom stereocenters. The van der Waals surface area contributed by atoms with Gasteiger partial charge in [-0.3, -0.25) is 9.69 Å². The first-order valence-electron chi connectivity index (χ1n) is 10.0. The van der Waals surface area contributed by atoms with E-state index in [2.05, 4.69) is 11.0 Å². The maximum absolute atomic E-state index is 13.1. The van der Waals surface area contributed by atoms with Crippen LogP contribution in [-0.4, -0.2) is 49.0 Å². The van der Waals surface area contributed by atoms with Gasteiger partial charge in [-0.15, -0.1) is 11.3 Å². The van der Waals surface area contributed by atoms with E-state index in [-0.39, 0.29) is 17.8 Å². The molecular weight excluding hydrogens is 413 g/mol. The topological polar surface area (TPSA) is 56.6 Å². The molecule has 0 radical (unpaired) electrons. The first-order valence-corrected chi connectivity index (χ1v) is 10.8. The standard InChI is InChI=1S/C24H22FN3O2S/c1-30-20-8-4-17(5-9-20)21(16-26)27-12-14-28(15-13-27)24(29)23-11-10-22(31-23)18-2-6-19(25)7-3-18/h2-11,21H,12-15H2,1H3. The lowest BCUT2D eigenvalue weighted by molar-refractivity contribution is 0.0611. The first kappa shape index (κ1) is 21.0. The lowest BCUT2D eigenvalue weighted by Gasteiger charge is -2.36. The molecule has 2 heterocycles. The molecule has 4 rings (SSSR count). The monoisotopic (exact) mass is 435 g/mol. The molecule has 2 aromatic carbocycles. The zero-order valence-corrected chi connectivity index (χ0v) is 17.9. The Morgan fingerprint density at radius 3 is 2.32 bits per heavy atom. The van der Waals surface area contributed by atoms with E-state index in [4.69, 9.17) is 4.74 Å². The summed E-state index contributed by atoms with van der Waals surface area (Å²) in [6, 6.07) is 19.6. The molecule has 0 saturated carbocycles. The number of amides is 1. The number of hydrogen-bond donors (Lipinski definition) is 0. The Morgan fingerprint density at radius 2 is 1.71 bits per heavy atom. The number of rotatable bonds is 5. The van der Waals surface area contributed by atoms with Crippen molar-refractivity contribution in [1.82, 2.24) is 9.80 Å². The van der Waals surface area contributed by atoms with Crippen LogP contribution in [0.4, 0.5) is 4.39 Å². The highest BCUT2D eigenvalue weighted by Crippen LogP contribution is 2.30. The normalized spacial score (nSPS) is 15.3. The Morgan fingerprint density at radius 1 is 1.03 bits per heavy atom. The number of nitriles is 1. The maximum Gasteiger partial charge on any atom is 0.264 e. The van der Waals surface area contributed by atoms with Crippen LogP contribution in [0.1, 0.15) is 21.3 Å². The van der Waals surface area contributed by atoms with E-state index >= 15 is 0 Å². The number of carbonyl (C=O) groups excluding carboxylic acids is 1. The third-order valence-corrected chi connectivity index (χ3v) is 6.59. The van der Waals surface area contributed by atoms with Crippen LogP contribution in [0.3, 0.4) is 0 Å². The minimum Gasteiger partial charge on any atom is -0.497 e. The molecule has 1 atom stereocenters. The highest BCUT2D eigenvalue weighted by atomic mass is 32.1. The van der Waals surface area contributed by atoms with Gasteiger partial charge in [0.05, 0.1) is 18.1 Å². The molecule has 0 aliphatic carbocycles. The molecule has 1 amide bonds. The molecule has 1 aliphatic rings. The third-order valence-electron chi connectivity index (χ3n) is 5.47. The third kappa shape index (κ3) is 4.61. The van der Waals surface area contributed by atoms with E-state index in [0.29, 0.717) is 31.1 Å². The Labute approximate surface area is 184 Å². The summed E-state index contributed by atoms with van der Waals surface area (Å²) >= 11 is 1.41. The van der Waals surface area contributed by atoms with Crippen LogP contribution in [-0.2, 0) is 0 Å². The molecule has 0 N–H and O–H groups in total. The minimum absolute atomic E-state index is 0.00373. The SMILES string of the molecule is COc1ccc(C(C#N)N2CCN(C(=O)c3ccc(-c4ccc(F)cc4)s3)CC2)cc1. The summed E-state index contributed by atoms with van der Waals surface area (Å²) in [5.41, 5.74) is 1.82. The van der Waals surface area contributed by atoms with Crippen molar-refractivity contribution in [3.8, 4) is 22.3 Å². The summed E-state index contributed by atoms with van der Waals surface area (Å²) in [6.07, 6.45) is 0. The number of ether oxygens (including phenoxy) is 1. The summed E-state index contributed by atoms with van der Waals surface area (Å²) in [4.78, 5) is 18.5. The van der Waals surface area contributed by atoms with Crippen molar-refractivity contribution in [3.05, 3.63) is 76.9 Å². The molecule has 5 nitrogen and oxygen atoms in total. The van der Waals surface area contributed by atoms with Gasteiger partial charge in [-0.25, -0.2) is 4.39 Å². The second kappa shape index (κ2) is 9.29. The summed E-state index contributed by atoms with van der Waals surface area (Å²) in [7, 11) is 1.61. The van der Waals surface area contributed by atoms with Gasteiger partial charge in [0.2, 0.25) is 0 Å². The van der Waals surface area contributed by atoms with Crippen molar-refractivity contribution < 1.29 is 13.9 Å². The van der Waals surface area contributed by atoms with Crippen molar-refractivity contribution >= 4 is 17.2 Å². The number of halogens is 1. The Kier molecular flexibility index (Phi) is 6.31. The zero-order chi connectivity index (χ0) is 21.8. The molecule has 1 saturated heterocycles. The number of thiophene rings is 1. The molecule has 0 bridgehead atoms. The Bertz CT molecular complexity index is 1080. The smallest absolute Gasteiger partial charge is 0.264 e. The number of piperazine rings is 1. The van der Waals surface area contributed by atoms with Crippen LogP contribution in [0.2, 0.25) is 0 Å². The van der Waals surface area contributed by atoms with Crippen molar-refractivity contribution in [2.24, 2.45) is 0 Å². The lowest BCUT2D eigenvalue weighted by atomic mass is 10.1. The van der Waals surface area contributed by atoms with E-state index in [9.17, 15) is 14.4 Å². The summed E-state index contributed by atoms with van der Waals surface area (Å²) < 4.78 is 18.3. The number of nitrogens with zero attached hydrogens (tertiary/aromatic N) is 3. The first-order chi connectivity index (χ1) is 15.1. The van der Waals surface area contributed by atoms with Gasteiger partial charge in [0.15, 0.2) is 0 Å². The maximum atomic E-state index is 13.1. The number of hydrogen-bond acceptors (Lipinski definition) is 5. The van der Waals surface area contributed by atoms with Crippen molar-refractivity contribution in [2.45, 2.75) is 6.04 Å². The van der Waals surface area contributed by atoms with Crippen LogP contribution < -0.4 is 4.74 Å². The number of methoxy groups -OCH3 is 1.